The lowest BCUT2D eigenvalue weighted by atomic mass is 10.1. The first-order valence-corrected chi connectivity index (χ1v) is 6.62. The van der Waals surface area contributed by atoms with Gasteiger partial charge >= 0.3 is 5.97 Å². The smallest absolute Gasteiger partial charge is 0.326 e. The molecular formula is C14H13NO3S. The van der Waals surface area contributed by atoms with E-state index in [1.807, 2.05) is 24.3 Å². The summed E-state index contributed by atoms with van der Waals surface area (Å²) >= 11 is 1.46. The highest BCUT2D eigenvalue weighted by Gasteiger charge is 2.20. The Morgan fingerprint density at radius 1 is 1.42 bits per heavy atom. The number of carboxylic acid groups (broad SMARTS) is 1. The fourth-order valence-corrected chi connectivity index (χ4v) is 2.72. The Kier molecular flexibility index (Phi) is 3.97. The second-order valence-corrected chi connectivity index (χ2v) is 4.95. The number of rotatable bonds is 5. The van der Waals surface area contributed by atoms with Gasteiger partial charge in [0.05, 0.1) is 5.56 Å². The van der Waals surface area contributed by atoms with Crippen molar-refractivity contribution in [3.05, 3.63) is 47.9 Å². The summed E-state index contributed by atoms with van der Waals surface area (Å²) in [6.45, 7) is 3.49. The first kappa shape index (κ1) is 13.3. The molecule has 19 heavy (non-hydrogen) atoms. The molecule has 2 N–H and O–H groups in total. The van der Waals surface area contributed by atoms with E-state index in [4.69, 9.17) is 5.11 Å². The summed E-state index contributed by atoms with van der Waals surface area (Å²) < 4.78 is 1.00. The highest BCUT2D eigenvalue weighted by molar-refractivity contribution is 7.17. The van der Waals surface area contributed by atoms with Crippen LogP contribution in [0.25, 0.3) is 10.1 Å². The van der Waals surface area contributed by atoms with E-state index in [0.29, 0.717) is 5.56 Å². The number of hydrogen-bond donors (Lipinski definition) is 2. The first-order chi connectivity index (χ1) is 9.13. The molecule has 0 spiro atoms. The maximum absolute atomic E-state index is 12.1. The molecule has 0 aliphatic rings. The minimum Gasteiger partial charge on any atom is -0.480 e. The van der Waals surface area contributed by atoms with Crippen LogP contribution in [0, 0.1) is 0 Å². The molecule has 1 unspecified atom stereocenters. The van der Waals surface area contributed by atoms with Crippen LogP contribution in [0.1, 0.15) is 16.8 Å². The molecule has 1 heterocycles. The summed E-state index contributed by atoms with van der Waals surface area (Å²) in [5.41, 5.74) is 0.510. The summed E-state index contributed by atoms with van der Waals surface area (Å²) in [6.07, 6.45) is 1.67. The molecule has 0 bridgehead atoms. The average Bonchev–Trinajstić information content (AvgIpc) is 2.81. The molecule has 0 saturated carbocycles. The summed E-state index contributed by atoms with van der Waals surface area (Å²) in [7, 11) is 0. The molecule has 0 aliphatic carbocycles. The van der Waals surface area contributed by atoms with Gasteiger partial charge in [0.25, 0.3) is 5.91 Å². The SMILES string of the molecule is C=CCC(NC(=O)c1csc2ccccc12)C(=O)O. The van der Waals surface area contributed by atoms with Crippen molar-refractivity contribution in [2.75, 3.05) is 0 Å². The highest BCUT2D eigenvalue weighted by atomic mass is 32.1. The van der Waals surface area contributed by atoms with Crippen LogP contribution in [0.3, 0.4) is 0 Å². The van der Waals surface area contributed by atoms with Crippen molar-refractivity contribution in [2.24, 2.45) is 0 Å². The van der Waals surface area contributed by atoms with Crippen LogP contribution >= 0.6 is 11.3 Å². The molecule has 0 radical (unpaired) electrons. The molecule has 1 atom stereocenters. The summed E-state index contributed by atoms with van der Waals surface area (Å²) in [4.78, 5) is 23.1. The number of amides is 1. The van der Waals surface area contributed by atoms with E-state index in [9.17, 15) is 9.59 Å². The quantitative estimate of drug-likeness (QED) is 0.824. The zero-order valence-corrected chi connectivity index (χ0v) is 10.9. The van der Waals surface area contributed by atoms with Crippen molar-refractivity contribution in [1.82, 2.24) is 5.32 Å². The monoisotopic (exact) mass is 275 g/mol. The van der Waals surface area contributed by atoms with Crippen molar-refractivity contribution >= 4 is 33.3 Å². The van der Waals surface area contributed by atoms with E-state index < -0.39 is 12.0 Å². The molecule has 1 aromatic heterocycles. The largest absolute Gasteiger partial charge is 0.480 e. The van der Waals surface area contributed by atoms with E-state index in [1.54, 1.807) is 5.38 Å². The number of thiophene rings is 1. The van der Waals surface area contributed by atoms with Crippen LogP contribution in [0.5, 0.6) is 0 Å². The molecule has 98 valence electrons. The second-order valence-electron chi connectivity index (χ2n) is 4.03. The normalized spacial score (nSPS) is 12.0. The standard InChI is InChI=1S/C14H13NO3S/c1-2-5-11(14(17)18)15-13(16)10-8-19-12-7-4-3-6-9(10)12/h2-4,6-8,11H,1,5H2,(H,15,16)(H,17,18). The van der Waals surface area contributed by atoms with E-state index >= 15 is 0 Å². The van der Waals surface area contributed by atoms with Crippen molar-refractivity contribution in [3.8, 4) is 0 Å². The van der Waals surface area contributed by atoms with Gasteiger partial charge in [-0.1, -0.05) is 24.3 Å². The van der Waals surface area contributed by atoms with Crippen molar-refractivity contribution in [3.63, 3.8) is 0 Å². The molecule has 1 aromatic carbocycles. The first-order valence-electron chi connectivity index (χ1n) is 5.74. The third-order valence-electron chi connectivity index (χ3n) is 2.73. The minimum atomic E-state index is -1.06. The van der Waals surface area contributed by atoms with Crippen LogP contribution in [-0.2, 0) is 4.79 Å². The molecule has 0 fully saturated rings. The van der Waals surface area contributed by atoms with Gasteiger partial charge in [0.15, 0.2) is 0 Å². The van der Waals surface area contributed by atoms with E-state index in [-0.39, 0.29) is 12.3 Å². The van der Waals surface area contributed by atoms with Crippen LogP contribution in [0.15, 0.2) is 42.3 Å². The predicted octanol–water partition coefficient (Wildman–Crippen LogP) is 2.66. The zero-order chi connectivity index (χ0) is 13.8. The fraction of sp³-hybridized carbons (Fsp3) is 0.143. The fourth-order valence-electron chi connectivity index (χ4n) is 1.78. The van der Waals surface area contributed by atoms with Gasteiger partial charge in [0, 0.05) is 15.5 Å². The molecule has 5 heteroatoms. The molecular weight excluding hydrogens is 262 g/mol. The lowest BCUT2D eigenvalue weighted by molar-refractivity contribution is -0.139. The number of nitrogens with one attached hydrogen (secondary N) is 1. The molecule has 2 aromatic rings. The van der Waals surface area contributed by atoms with Crippen LogP contribution < -0.4 is 5.32 Å². The number of carboxylic acids is 1. The van der Waals surface area contributed by atoms with Gasteiger partial charge in [-0.3, -0.25) is 4.79 Å². The van der Waals surface area contributed by atoms with Crippen molar-refractivity contribution in [2.45, 2.75) is 12.5 Å². The maximum Gasteiger partial charge on any atom is 0.326 e. The zero-order valence-electron chi connectivity index (χ0n) is 10.1. The van der Waals surface area contributed by atoms with Crippen LogP contribution in [0.4, 0.5) is 0 Å². The van der Waals surface area contributed by atoms with E-state index in [1.165, 1.54) is 17.4 Å². The van der Waals surface area contributed by atoms with Gasteiger partial charge in [0.2, 0.25) is 0 Å². The Bertz CT molecular complexity index is 632. The average molecular weight is 275 g/mol. The number of benzene rings is 1. The summed E-state index contributed by atoms with van der Waals surface area (Å²) in [6, 6.07) is 6.59. The molecule has 1 amide bonds. The van der Waals surface area contributed by atoms with Gasteiger partial charge in [-0.2, -0.15) is 0 Å². The molecule has 0 saturated heterocycles. The van der Waals surface area contributed by atoms with Crippen molar-refractivity contribution < 1.29 is 14.7 Å². The lowest BCUT2D eigenvalue weighted by Crippen LogP contribution is -2.40. The van der Waals surface area contributed by atoms with Gasteiger partial charge in [0.1, 0.15) is 6.04 Å². The number of aliphatic carboxylic acids is 1. The van der Waals surface area contributed by atoms with Gasteiger partial charge in [-0.05, 0) is 12.5 Å². The third kappa shape index (κ3) is 2.82. The van der Waals surface area contributed by atoms with Crippen LogP contribution in [0.2, 0.25) is 0 Å². The summed E-state index contributed by atoms with van der Waals surface area (Å²) in [5, 5.41) is 14.1. The van der Waals surface area contributed by atoms with E-state index in [2.05, 4.69) is 11.9 Å². The number of fused-ring (bicyclic) bond motifs is 1. The predicted molar refractivity (Wildman–Crippen MR) is 75.5 cm³/mol. The maximum atomic E-state index is 12.1. The topological polar surface area (TPSA) is 66.4 Å². The molecule has 0 aliphatic heterocycles. The number of hydrogen-bond acceptors (Lipinski definition) is 3. The minimum absolute atomic E-state index is 0.198. The van der Waals surface area contributed by atoms with Gasteiger partial charge in [-0.25, -0.2) is 4.79 Å². The second kappa shape index (κ2) is 5.67. The van der Waals surface area contributed by atoms with Crippen LogP contribution in [-0.4, -0.2) is 23.0 Å². The Morgan fingerprint density at radius 2 is 2.16 bits per heavy atom. The molecule has 2 rings (SSSR count). The van der Waals surface area contributed by atoms with Crippen molar-refractivity contribution in [1.29, 1.82) is 0 Å². The highest BCUT2D eigenvalue weighted by Crippen LogP contribution is 2.25. The Balaban J connectivity index is 2.24. The number of carbonyl (C=O) groups excluding carboxylic acids is 1. The third-order valence-corrected chi connectivity index (χ3v) is 3.69. The van der Waals surface area contributed by atoms with E-state index in [0.717, 1.165) is 10.1 Å². The summed E-state index contributed by atoms with van der Waals surface area (Å²) in [5.74, 6) is -1.43. The lowest BCUT2D eigenvalue weighted by Gasteiger charge is -2.11. The Morgan fingerprint density at radius 3 is 2.84 bits per heavy atom. The number of carbonyl (C=O) groups is 2. The van der Waals surface area contributed by atoms with Gasteiger partial charge in [-0.15, -0.1) is 17.9 Å². The Hall–Kier alpha value is -2.14. The molecule has 4 nitrogen and oxygen atoms in total. The van der Waals surface area contributed by atoms with Gasteiger partial charge < -0.3 is 10.4 Å². The Labute approximate surface area is 114 Å².